The molecule has 6 heteroatoms. The van der Waals surface area contributed by atoms with Crippen LogP contribution in [-0.4, -0.2) is 17.7 Å². The first-order valence-corrected chi connectivity index (χ1v) is 9.39. The van der Waals surface area contributed by atoms with Gasteiger partial charge in [0.05, 0.1) is 11.8 Å². The zero-order valence-corrected chi connectivity index (χ0v) is 15.0. The van der Waals surface area contributed by atoms with Gasteiger partial charge in [-0.25, -0.2) is 9.18 Å². The van der Waals surface area contributed by atoms with Gasteiger partial charge in [-0.15, -0.1) is 11.3 Å². The number of benzene rings is 1. The summed E-state index contributed by atoms with van der Waals surface area (Å²) < 4.78 is 13.6. The third-order valence-electron chi connectivity index (χ3n) is 4.83. The van der Waals surface area contributed by atoms with Crippen LogP contribution in [0.5, 0.6) is 0 Å². The standard InChI is InChI=1S/C19H23FN2O2S/c1-13(23)16-8-9-17(25-16)19(10-4-5-11-19)12-21-18(24)22-15-7-3-2-6-14(15)20/h2-3,6-9,13,23H,4-5,10-12H2,1H3,(H2,21,22,24)/t13-/m0/s1. The molecular formula is C19H23FN2O2S. The minimum absolute atomic E-state index is 0.0929. The number of aliphatic hydroxyl groups is 1. The Labute approximate surface area is 151 Å². The molecule has 0 bridgehead atoms. The molecule has 0 aliphatic heterocycles. The molecule has 3 N–H and O–H groups in total. The first-order chi connectivity index (χ1) is 12.0. The van der Waals surface area contributed by atoms with Crippen molar-refractivity contribution in [3.8, 4) is 0 Å². The van der Waals surface area contributed by atoms with E-state index in [1.807, 2.05) is 6.07 Å². The number of amides is 2. The Bertz CT molecular complexity index is 739. The predicted octanol–water partition coefficient (Wildman–Crippen LogP) is 4.57. The highest BCUT2D eigenvalue weighted by molar-refractivity contribution is 7.12. The molecule has 4 nitrogen and oxygen atoms in total. The molecule has 1 saturated carbocycles. The van der Waals surface area contributed by atoms with E-state index in [1.165, 1.54) is 17.0 Å². The van der Waals surface area contributed by atoms with Gasteiger partial charge in [-0.3, -0.25) is 0 Å². The maximum Gasteiger partial charge on any atom is 0.319 e. The highest BCUT2D eigenvalue weighted by Gasteiger charge is 2.37. The quantitative estimate of drug-likeness (QED) is 0.729. The smallest absolute Gasteiger partial charge is 0.319 e. The molecule has 1 aliphatic carbocycles. The predicted molar refractivity (Wildman–Crippen MR) is 98.5 cm³/mol. The first-order valence-electron chi connectivity index (χ1n) is 8.58. The Kier molecular flexibility index (Phi) is 5.39. The molecule has 1 aromatic heterocycles. The van der Waals surface area contributed by atoms with E-state index in [2.05, 4.69) is 16.7 Å². The van der Waals surface area contributed by atoms with E-state index in [1.54, 1.807) is 30.4 Å². The average Bonchev–Trinajstić information content (AvgIpc) is 3.25. The fraction of sp³-hybridized carbons (Fsp3) is 0.421. The number of aliphatic hydroxyl groups excluding tert-OH is 1. The van der Waals surface area contributed by atoms with Crippen molar-refractivity contribution in [3.63, 3.8) is 0 Å². The third-order valence-corrected chi connectivity index (χ3v) is 6.33. The SMILES string of the molecule is C[C@H](O)c1ccc(C2(CNC(=O)Nc3ccccc3F)CCCC2)s1. The topological polar surface area (TPSA) is 61.4 Å². The van der Waals surface area contributed by atoms with Crippen LogP contribution in [0.1, 0.15) is 48.5 Å². The monoisotopic (exact) mass is 362 g/mol. The maximum atomic E-state index is 13.6. The average molecular weight is 362 g/mol. The van der Waals surface area contributed by atoms with E-state index >= 15 is 0 Å². The van der Waals surface area contributed by atoms with Gasteiger partial charge in [0.15, 0.2) is 0 Å². The van der Waals surface area contributed by atoms with Gasteiger partial charge in [0.1, 0.15) is 5.82 Å². The van der Waals surface area contributed by atoms with Gasteiger partial charge < -0.3 is 15.7 Å². The summed E-state index contributed by atoms with van der Waals surface area (Å²) in [7, 11) is 0. The number of carbonyl (C=O) groups is 1. The molecule has 2 amide bonds. The van der Waals surface area contributed by atoms with Gasteiger partial charge in [-0.1, -0.05) is 25.0 Å². The number of carbonyl (C=O) groups excluding carboxylic acids is 1. The van der Waals surface area contributed by atoms with Crippen molar-refractivity contribution in [2.24, 2.45) is 0 Å². The van der Waals surface area contributed by atoms with Gasteiger partial charge in [0.25, 0.3) is 0 Å². The van der Waals surface area contributed by atoms with Crippen molar-refractivity contribution in [3.05, 3.63) is 52.0 Å². The summed E-state index contributed by atoms with van der Waals surface area (Å²) in [6.07, 6.45) is 3.78. The number of hydrogen-bond acceptors (Lipinski definition) is 3. The minimum atomic E-state index is -0.477. The molecule has 0 saturated heterocycles. The Morgan fingerprint density at radius 1 is 1.28 bits per heavy atom. The summed E-state index contributed by atoms with van der Waals surface area (Å²) in [6, 6.07) is 9.75. The lowest BCUT2D eigenvalue weighted by Crippen LogP contribution is -2.40. The largest absolute Gasteiger partial charge is 0.388 e. The van der Waals surface area contributed by atoms with Crippen molar-refractivity contribution in [1.82, 2.24) is 5.32 Å². The second-order valence-electron chi connectivity index (χ2n) is 6.65. The molecule has 2 aromatic rings. The molecule has 1 heterocycles. The molecule has 0 spiro atoms. The molecule has 0 radical (unpaired) electrons. The molecule has 25 heavy (non-hydrogen) atoms. The highest BCUT2D eigenvalue weighted by atomic mass is 32.1. The molecule has 0 unspecified atom stereocenters. The Balaban J connectivity index is 1.67. The van der Waals surface area contributed by atoms with Crippen molar-refractivity contribution < 1.29 is 14.3 Å². The molecule has 1 fully saturated rings. The molecule has 1 atom stereocenters. The van der Waals surface area contributed by atoms with Crippen LogP contribution in [-0.2, 0) is 5.41 Å². The zero-order chi connectivity index (χ0) is 17.9. The van der Waals surface area contributed by atoms with Crippen molar-refractivity contribution in [2.75, 3.05) is 11.9 Å². The van der Waals surface area contributed by atoms with E-state index in [-0.39, 0.29) is 11.1 Å². The van der Waals surface area contributed by atoms with Crippen LogP contribution >= 0.6 is 11.3 Å². The van der Waals surface area contributed by atoms with Crippen molar-refractivity contribution in [2.45, 2.75) is 44.1 Å². The third kappa shape index (κ3) is 4.02. The molecule has 1 aliphatic rings. The zero-order valence-electron chi connectivity index (χ0n) is 14.2. The van der Waals surface area contributed by atoms with E-state index in [0.29, 0.717) is 6.54 Å². The second-order valence-corrected chi connectivity index (χ2v) is 7.77. The lowest BCUT2D eigenvalue weighted by molar-refractivity contribution is 0.203. The molecule has 3 rings (SSSR count). The number of halogens is 1. The summed E-state index contributed by atoms with van der Waals surface area (Å²) in [6.45, 7) is 2.27. The summed E-state index contributed by atoms with van der Waals surface area (Å²) in [5, 5.41) is 15.2. The summed E-state index contributed by atoms with van der Waals surface area (Å²) in [5.74, 6) is -0.451. The van der Waals surface area contributed by atoms with Crippen LogP contribution < -0.4 is 10.6 Å². The number of para-hydroxylation sites is 1. The number of hydrogen-bond donors (Lipinski definition) is 3. The fourth-order valence-electron chi connectivity index (χ4n) is 3.40. The lowest BCUT2D eigenvalue weighted by Gasteiger charge is -2.28. The van der Waals surface area contributed by atoms with Crippen molar-refractivity contribution >= 4 is 23.1 Å². The van der Waals surface area contributed by atoms with E-state index in [4.69, 9.17) is 0 Å². The van der Waals surface area contributed by atoms with Gasteiger partial charge in [-0.2, -0.15) is 0 Å². The number of urea groups is 1. The van der Waals surface area contributed by atoms with Crippen LogP contribution in [0.3, 0.4) is 0 Å². The first kappa shape index (κ1) is 17.9. The van der Waals surface area contributed by atoms with Crippen LogP contribution in [0.15, 0.2) is 36.4 Å². The number of rotatable bonds is 5. The van der Waals surface area contributed by atoms with E-state index < -0.39 is 18.0 Å². The normalized spacial score (nSPS) is 17.2. The highest BCUT2D eigenvalue weighted by Crippen LogP contribution is 2.44. The van der Waals surface area contributed by atoms with Crippen LogP contribution in [0.2, 0.25) is 0 Å². The summed E-state index contributed by atoms with van der Waals surface area (Å²) >= 11 is 1.61. The fourth-order valence-corrected chi connectivity index (χ4v) is 4.59. The molecular weight excluding hydrogens is 339 g/mol. The van der Waals surface area contributed by atoms with E-state index in [9.17, 15) is 14.3 Å². The van der Waals surface area contributed by atoms with Gasteiger partial charge >= 0.3 is 6.03 Å². The maximum absolute atomic E-state index is 13.6. The van der Waals surface area contributed by atoms with Crippen LogP contribution in [0, 0.1) is 5.82 Å². The number of thiophene rings is 1. The van der Waals surface area contributed by atoms with Crippen LogP contribution in [0.25, 0.3) is 0 Å². The lowest BCUT2D eigenvalue weighted by atomic mass is 9.84. The van der Waals surface area contributed by atoms with E-state index in [0.717, 1.165) is 30.6 Å². The van der Waals surface area contributed by atoms with Crippen LogP contribution in [0.4, 0.5) is 14.9 Å². The Morgan fingerprint density at radius 2 is 2.00 bits per heavy atom. The molecule has 134 valence electrons. The summed E-state index contributed by atoms with van der Waals surface area (Å²) in [4.78, 5) is 14.3. The van der Waals surface area contributed by atoms with Gasteiger partial charge in [0.2, 0.25) is 0 Å². The minimum Gasteiger partial charge on any atom is -0.388 e. The van der Waals surface area contributed by atoms with Crippen molar-refractivity contribution in [1.29, 1.82) is 0 Å². The van der Waals surface area contributed by atoms with Gasteiger partial charge in [-0.05, 0) is 44.0 Å². The Hall–Kier alpha value is -1.92. The second kappa shape index (κ2) is 7.54. The molecule has 1 aromatic carbocycles. The summed E-state index contributed by atoms with van der Waals surface area (Å²) in [5.41, 5.74) is 0.0812. The number of nitrogens with one attached hydrogen (secondary N) is 2. The Morgan fingerprint density at radius 3 is 2.64 bits per heavy atom. The van der Waals surface area contributed by atoms with Gasteiger partial charge in [0, 0.05) is 21.7 Å². The number of anilines is 1.